The highest BCUT2D eigenvalue weighted by atomic mass is 79.9. The molecular formula is C25H19BrCl2N2O3. The molecule has 0 fully saturated rings. The quantitative estimate of drug-likeness (QED) is 0.252. The number of nitriles is 1. The number of nitrogens with zero attached hydrogens (tertiary/aromatic N) is 1. The minimum atomic E-state index is -0.507. The fraction of sp³-hybridized carbons (Fsp3) is 0.120. The second kappa shape index (κ2) is 11.2. The van der Waals surface area contributed by atoms with E-state index in [9.17, 15) is 10.1 Å². The Balaban J connectivity index is 1.81. The van der Waals surface area contributed by atoms with Crippen LogP contribution >= 0.6 is 39.1 Å². The second-order valence-corrected chi connectivity index (χ2v) is 8.72. The predicted molar refractivity (Wildman–Crippen MR) is 135 cm³/mol. The van der Waals surface area contributed by atoms with E-state index in [1.807, 2.05) is 31.2 Å². The van der Waals surface area contributed by atoms with Gasteiger partial charge in [-0.1, -0.05) is 62.9 Å². The lowest BCUT2D eigenvalue weighted by atomic mass is 10.1. The van der Waals surface area contributed by atoms with Gasteiger partial charge in [-0.3, -0.25) is 4.79 Å². The van der Waals surface area contributed by atoms with Gasteiger partial charge in [0.05, 0.1) is 17.2 Å². The van der Waals surface area contributed by atoms with Crippen LogP contribution in [0.15, 0.2) is 64.6 Å². The number of halogens is 3. The molecule has 0 aliphatic heterocycles. The number of benzene rings is 3. The van der Waals surface area contributed by atoms with Crippen LogP contribution in [-0.2, 0) is 11.4 Å². The Morgan fingerprint density at radius 2 is 1.82 bits per heavy atom. The van der Waals surface area contributed by atoms with E-state index in [2.05, 4.69) is 21.2 Å². The Hall–Kier alpha value is -2.98. The number of carbonyl (C=O) groups excluding carboxylic acids is 1. The maximum Gasteiger partial charge on any atom is 0.266 e. The molecule has 8 heteroatoms. The van der Waals surface area contributed by atoms with Crippen LogP contribution in [0.1, 0.15) is 16.7 Å². The van der Waals surface area contributed by atoms with E-state index in [4.69, 9.17) is 32.7 Å². The van der Waals surface area contributed by atoms with Gasteiger partial charge in [0.1, 0.15) is 18.2 Å². The zero-order valence-electron chi connectivity index (χ0n) is 17.8. The molecular weight excluding hydrogens is 527 g/mol. The standard InChI is InChI=1S/C25H19BrCl2N2O3/c1-15-3-6-19(7-4-15)30-25(31)18(13-29)10-17-11-23(32-2)24(12-20(17)26)33-14-16-5-8-21(27)22(28)9-16/h3-12H,14H2,1-2H3,(H,30,31)/b18-10+. The molecule has 0 unspecified atom stereocenters. The average molecular weight is 546 g/mol. The number of nitrogens with one attached hydrogen (secondary N) is 1. The number of hydrogen-bond donors (Lipinski definition) is 1. The van der Waals surface area contributed by atoms with Gasteiger partial charge in [0, 0.05) is 10.2 Å². The van der Waals surface area contributed by atoms with Gasteiger partial charge in [0.2, 0.25) is 0 Å². The van der Waals surface area contributed by atoms with Gasteiger partial charge < -0.3 is 14.8 Å². The number of anilines is 1. The molecule has 0 atom stereocenters. The van der Waals surface area contributed by atoms with Crippen molar-refractivity contribution in [2.45, 2.75) is 13.5 Å². The molecule has 168 valence electrons. The lowest BCUT2D eigenvalue weighted by Crippen LogP contribution is -2.13. The van der Waals surface area contributed by atoms with E-state index in [0.717, 1.165) is 11.1 Å². The van der Waals surface area contributed by atoms with Crippen molar-refractivity contribution in [2.75, 3.05) is 12.4 Å². The number of aryl methyl sites for hydroxylation is 1. The topological polar surface area (TPSA) is 71.3 Å². The summed E-state index contributed by atoms with van der Waals surface area (Å²) in [6, 6.07) is 17.9. The average Bonchev–Trinajstić information content (AvgIpc) is 2.80. The maximum atomic E-state index is 12.6. The number of carbonyl (C=O) groups is 1. The van der Waals surface area contributed by atoms with Gasteiger partial charge in [-0.15, -0.1) is 0 Å². The lowest BCUT2D eigenvalue weighted by molar-refractivity contribution is -0.112. The summed E-state index contributed by atoms with van der Waals surface area (Å²) in [6.45, 7) is 2.20. The molecule has 0 aliphatic rings. The summed E-state index contributed by atoms with van der Waals surface area (Å²) in [4.78, 5) is 12.6. The Morgan fingerprint density at radius 1 is 1.09 bits per heavy atom. The predicted octanol–water partition coefficient (Wildman–Crippen LogP) is 7.20. The molecule has 33 heavy (non-hydrogen) atoms. The van der Waals surface area contributed by atoms with Crippen LogP contribution in [0.2, 0.25) is 10.0 Å². The molecule has 1 amide bonds. The minimum absolute atomic E-state index is 0.0530. The fourth-order valence-corrected chi connectivity index (χ4v) is 3.62. The fourth-order valence-electron chi connectivity index (χ4n) is 2.86. The monoisotopic (exact) mass is 544 g/mol. The number of amides is 1. The van der Waals surface area contributed by atoms with Crippen LogP contribution in [0.25, 0.3) is 6.08 Å². The third-order valence-corrected chi connectivity index (χ3v) is 6.06. The Kier molecular flexibility index (Phi) is 8.40. The molecule has 0 spiro atoms. The van der Waals surface area contributed by atoms with E-state index in [1.165, 1.54) is 13.2 Å². The summed E-state index contributed by atoms with van der Waals surface area (Å²) >= 11 is 15.5. The van der Waals surface area contributed by atoms with Crippen LogP contribution in [0.4, 0.5) is 5.69 Å². The van der Waals surface area contributed by atoms with Gasteiger partial charge in [0.15, 0.2) is 11.5 Å². The van der Waals surface area contributed by atoms with Crippen molar-refractivity contribution in [1.82, 2.24) is 0 Å². The molecule has 0 aliphatic carbocycles. The van der Waals surface area contributed by atoms with Crippen LogP contribution in [0.3, 0.4) is 0 Å². The molecule has 3 rings (SSSR count). The highest BCUT2D eigenvalue weighted by Gasteiger charge is 2.14. The van der Waals surface area contributed by atoms with Crippen LogP contribution < -0.4 is 14.8 Å². The second-order valence-electron chi connectivity index (χ2n) is 7.05. The van der Waals surface area contributed by atoms with Gasteiger partial charge in [-0.05, 0) is 60.5 Å². The summed E-state index contributed by atoms with van der Waals surface area (Å²) in [5.74, 6) is 0.420. The Morgan fingerprint density at radius 3 is 2.45 bits per heavy atom. The Bertz CT molecular complexity index is 1250. The molecule has 0 bridgehead atoms. The van der Waals surface area contributed by atoms with Crippen LogP contribution in [-0.4, -0.2) is 13.0 Å². The molecule has 0 saturated heterocycles. The lowest BCUT2D eigenvalue weighted by Gasteiger charge is -2.13. The molecule has 1 N–H and O–H groups in total. The van der Waals surface area contributed by atoms with Crippen molar-refractivity contribution < 1.29 is 14.3 Å². The zero-order chi connectivity index (χ0) is 24.0. The molecule has 3 aromatic rings. The van der Waals surface area contributed by atoms with Crippen LogP contribution in [0.5, 0.6) is 11.5 Å². The van der Waals surface area contributed by atoms with E-state index < -0.39 is 5.91 Å². The van der Waals surface area contributed by atoms with Crippen molar-refractivity contribution in [3.8, 4) is 17.6 Å². The van der Waals surface area contributed by atoms with Gasteiger partial charge in [0.25, 0.3) is 5.91 Å². The first-order chi connectivity index (χ1) is 15.8. The smallest absolute Gasteiger partial charge is 0.266 e. The van der Waals surface area contributed by atoms with Crippen LogP contribution in [0, 0.1) is 18.3 Å². The van der Waals surface area contributed by atoms with Gasteiger partial charge in [-0.2, -0.15) is 5.26 Å². The van der Waals surface area contributed by atoms with E-state index >= 15 is 0 Å². The first-order valence-electron chi connectivity index (χ1n) is 9.74. The van der Waals surface area contributed by atoms with Crippen molar-refractivity contribution in [3.63, 3.8) is 0 Å². The SMILES string of the molecule is COc1cc(/C=C(\C#N)C(=O)Nc2ccc(C)cc2)c(Br)cc1OCc1ccc(Cl)c(Cl)c1. The number of rotatable bonds is 7. The third-order valence-electron chi connectivity index (χ3n) is 4.64. The summed E-state index contributed by atoms with van der Waals surface area (Å²) in [6.07, 6.45) is 1.48. The number of ether oxygens (including phenoxy) is 2. The number of methoxy groups -OCH3 is 1. The largest absolute Gasteiger partial charge is 0.493 e. The minimum Gasteiger partial charge on any atom is -0.493 e. The Labute approximate surface area is 210 Å². The van der Waals surface area contributed by atoms with Gasteiger partial charge in [-0.25, -0.2) is 0 Å². The first-order valence-corrected chi connectivity index (χ1v) is 11.3. The van der Waals surface area contributed by atoms with E-state index in [-0.39, 0.29) is 12.2 Å². The molecule has 0 heterocycles. The third kappa shape index (κ3) is 6.52. The summed E-state index contributed by atoms with van der Waals surface area (Å²) in [5.41, 5.74) is 3.05. The molecule has 0 radical (unpaired) electrons. The highest BCUT2D eigenvalue weighted by Crippen LogP contribution is 2.35. The first kappa shape index (κ1) is 24.7. The van der Waals surface area contributed by atoms with Crippen molar-refractivity contribution >= 4 is 56.8 Å². The van der Waals surface area contributed by atoms with Crippen molar-refractivity contribution in [1.29, 1.82) is 5.26 Å². The zero-order valence-corrected chi connectivity index (χ0v) is 20.9. The van der Waals surface area contributed by atoms with E-state index in [1.54, 1.807) is 36.4 Å². The van der Waals surface area contributed by atoms with Crippen molar-refractivity contribution in [3.05, 3.63) is 91.4 Å². The van der Waals surface area contributed by atoms with E-state index in [0.29, 0.717) is 37.3 Å². The summed E-state index contributed by atoms with van der Waals surface area (Å²) in [5, 5.41) is 13.2. The van der Waals surface area contributed by atoms with Crippen molar-refractivity contribution in [2.24, 2.45) is 0 Å². The maximum absolute atomic E-state index is 12.6. The molecule has 0 saturated carbocycles. The molecule has 5 nitrogen and oxygen atoms in total. The molecule has 3 aromatic carbocycles. The highest BCUT2D eigenvalue weighted by molar-refractivity contribution is 9.10. The summed E-state index contributed by atoms with van der Waals surface area (Å²) in [7, 11) is 1.51. The summed E-state index contributed by atoms with van der Waals surface area (Å²) < 4.78 is 12.0. The van der Waals surface area contributed by atoms with Gasteiger partial charge >= 0.3 is 0 Å². The normalized spacial score (nSPS) is 11.0. The number of hydrogen-bond acceptors (Lipinski definition) is 4. The molecule has 0 aromatic heterocycles.